The molecule has 10 heteroatoms. The van der Waals surface area contributed by atoms with Crippen molar-refractivity contribution in [3.05, 3.63) is 40.5 Å². The lowest BCUT2D eigenvalue weighted by Crippen LogP contribution is -2.31. The second-order valence-corrected chi connectivity index (χ2v) is 8.18. The minimum Gasteiger partial charge on any atom is -0.380 e. The van der Waals surface area contributed by atoms with Crippen LogP contribution in [-0.2, 0) is 4.74 Å². The number of carbonyl (C=O) groups is 1. The molecule has 1 saturated heterocycles. The molecule has 4 rings (SSSR count). The molecule has 3 aromatic heterocycles. The number of aromatic nitrogens is 4. The van der Waals surface area contributed by atoms with Crippen molar-refractivity contribution in [3.63, 3.8) is 0 Å². The van der Waals surface area contributed by atoms with E-state index >= 15 is 0 Å². The fourth-order valence-corrected chi connectivity index (χ4v) is 4.17. The number of anilines is 1. The molecule has 1 fully saturated rings. The second kappa shape index (κ2) is 7.96. The topological polar surface area (TPSA) is 93.1 Å². The molecule has 0 spiro atoms. The van der Waals surface area contributed by atoms with Gasteiger partial charge in [-0.2, -0.15) is 4.98 Å². The van der Waals surface area contributed by atoms with Gasteiger partial charge >= 0.3 is 0 Å². The van der Waals surface area contributed by atoms with Crippen LogP contribution in [0.4, 0.5) is 10.3 Å². The molecule has 0 aliphatic carbocycles. The number of fused-ring (bicyclic) bond motifs is 1. The average Bonchev–Trinajstić information content (AvgIpc) is 3.32. The molecule has 0 bridgehead atoms. The number of carbonyl (C=O) groups excluding carboxylic acids is 1. The van der Waals surface area contributed by atoms with Crippen LogP contribution in [0.3, 0.4) is 0 Å². The molecule has 1 N–H and O–H groups in total. The van der Waals surface area contributed by atoms with E-state index in [-0.39, 0.29) is 24.0 Å². The van der Waals surface area contributed by atoms with E-state index in [1.165, 1.54) is 17.4 Å². The van der Waals surface area contributed by atoms with Crippen LogP contribution in [-0.4, -0.2) is 57.0 Å². The standard InChI is InChI=1S/C19H21FN6O2S/c1-10(12-6-13(20)8-21-7-12)22-19-24-15(16-17(25-19)23-11(2)29-16)18(27)26-5-4-14(9-26)28-3/h6-8,10,14H,4-5,9H2,1-3H3,(H,22,24,25). The summed E-state index contributed by atoms with van der Waals surface area (Å²) in [4.78, 5) is 32.2. The molecule has 1 aliphatic heterocycles. The van der Waals surface area contributed by atoms with Gasteiger partial charge < -0.3 is 15.0 Å². The van der Waals surface area contributed by atoms with Gasteiger partial charge in [-0.05, 0) is 31.9 Å². The number of pyridine rings is 1. The van der Waals surface area contributed by atoms with Gasteiger partial charge in [-0.1, -0.05) is 0 Å². The third-order valence-corrected chi connectivity index (χ3v) is 5.87. The number of halogens is 1. The summed E-state index contributed by atoms with van der Waals surface area (Å²) in [6.45, 7) is 4.87. The van der Waals surface area contributed by atoms with Crippen LogP contribution in [0.2, 0.25) is 0 Å². The van der Waals surface area contributed by atoms with E-state index in [4.69, 9.17) is 4.74 Å². The van der Waals surface area contributed by atoms with Crippen molar-refractivity contribution in [2.75, 3.05) is 25.5 Å². The van der Waals surface area contributed by atoms with Gasteiger partial charge in [0, 0.05) is 26.4 Å². The monoisotopic (exact) mass is 416 g/mol. The summed E-state index contributed by atoms with van der Waals surface area (Å²) in [7, 11) is 1.65. The van der Waals surface area contributed by atoms with Crippen LogP contribution < -0.4 is 5.32 Å². The Morgan fingerprint density at radius 1 is 1.38 bits per heavy atom. The summed E-state index contributed by atoms with van der Waals surface area (Å²) >= 11 is 1.40. The second-order valence-electron chi connectivity index (χ2n) is 6.98. The molecule has 3 aromatic rings. The van der Waals surface area contributed by atoms with Crippen molar-refractivity contribution in [1.29, 1.82) is 0 Å². The minimum atomic E-state index is -0.416. The van der Waals surface area contributed by atoms with E-state index in [9.17, 15) is 9.18 Å². The first-order valence-electron chi connectivity index (χ1n) is 9.29. The lowest BCUT2D eigenvalue weighted by molar-refractivity contribution is 0.0721. The lowest BCUT2D eigenvalue weighted by atomic mass is 10.1. The number of hydrogen-bond donors (Lipinski definition) is 1. The molecule has 29 heavy (non-hydrogen) atoms. The van der Waals surface area contributed by atoms with Gasteiger partial charge in [0.25, 0.3) is 5.91 Å². The highest BCUT2D eigenvalue weighted by molar-refractivity contribution is 7.18. The molecule has 0 aromatic carbocycles. The molecule has 0 saturated carbocycles. The number of hydrogen-bond acceptors (Lipinski definition) is 8. The predicted octanol–water partition coefficient (Wildman–Crippen LogP) is 2.96. The van der Waals surface area contributed by atoms with Crippen molar-refractivity contribution in [3.8, 4) is 0 Å². The summed E-state index contributed by atoms with van der Waals surface area (Å²) < 4.78 is 19.5. The van der Waals surface area contributed by atoms with Crippen molar-refractivity contribution >= 4 is 33.5 Å². The van der Waals surface area contributed by atoms with Gasteiger partial charge in [-0.15, -0.1) is 11.3 Å². The van der Waals surface area contributed by atoms with E-state index in [1.807, 2.05) is 13.8 Å². The highest BCUT2D eigenvalue weighted by atomic mass is 32.1. The number of likely N-dealkylation sites (tertiary alicyclic amines) is 1. The fourth-order valence-electron chi connectivity index (χ4n) is 3.33. The number of nitrogens with one attached hydrogen (secondary N) is 1. The smallest absolute Gasteiger partial charge is 0.274 e. The van der Waals surface area contributed by atoms with Gasteiger partial charge in [0.1, 0.15) is 10.5 Å². The van der Waals surface area contributed by atoms with E-state index in [2.05, 4.69) is 25.3 Å². The molecule has 0 radical (unpaired) electrons. The first kappa shape index (κ1) is 19.6. The molecular formula is C19H21FN6O2S. The number of methoxy groups -OCH3 is 1. The lowest BCUT2D eigenvalue weighted by Gasteiger charge is -2.17. The summed E-state index contributed by atoms with van der Waals surface area (Å²) in [6.07, 6.45) is 3.56. The summed E-state index contributed by atoms with van der Waals surface area (Å²) in [5, 5.41) is 3.94. The number of nitrogens with zero attached hydrogens (tertiary/aromatic N) is 5. The largest absolute Gasteiger partial charge is 0.380 e. The molecule has 1 aliphatic rings. The number of amides is 1. The Morgan fingerprint density at radius 2 is 2.21 bits per heavy atom. The van der Waals surface area contributed by atoms with Crippen molar-refractivity contribution in [2.24, 2.45) is 0 Å². The summed E-state index contributed by atoms with van der Waals surface area (Å²) in [5.41, 5.74) is 1.45. The first-order valence-corrected chi connectivity index (χ1v) is 10.1. The van der Waals surface area contributed by atoms with Crippen molar-refractivity contribution < 1.29 is 13.9 Å². The number of ether oxygens (including phenoxy) is 1. The highest BCUT2D eigenvalue weighted by Gasteiger charge is 2.30. The molecule has 2 unspecified atom stereocenters. The summed E-state index contributed by atoms with van der Waals surface area (Å²) in [6, 6.07) is 1.10. The quantitative estimate of drug-likeness (QED) is 0.683. The van der Waals surface area contributed by atoms with E-state index in [0.29, 0.717) is 34.7 Å². The number of rotatable bonds is 5. The Morgan fingerprint density at radius 3 is 2.93 bits per heavy atom. The zero-order valence-corrected chi connectivity index (χ0v) is 17.2. The van der Waals surface area contributed by atoms with Crippen molar-refractivity contribution in [1.82, 2.24) is 24.8 Å². The SMILES string of the molecule is COC1CCN(C(=O)c2nc(NC(C)c3cncc(F)c3)nc3nc(C)sc23)C1. The molecule has 8 nitrogen and oxygen atoms in total. The third-order valence-electron chi connectivity index (χ3n) is 4.90. The normalized spacial score (nSPS) is 17.7. The van der Waals surface area contributed by atoms with Gasteiger partial charge in [0.15, 0.2) is 11.3 Å². The van der Waals surface area contributed by atoms with Gasteiger partial charge in [-0.25, -0.2) is 14.4 Å². The first-order chi connectivity index (χ1) is 13.9. The van der Waals surface area contributed by atoms with Crippen LogP contribution in [0.5, 0.6) is 0 Å². The third kappa shape index (κ3) is 4.03. The maximum Gasteiger partial charge on any atom is 0.274 e. The average molecular weight is 416 g/mol. The predicted molar refractivity (Wildman–Crippen MR) is 107 cm³/mol. The van der Waals surface area contributed by atoms with Crippen LogP contribution >= 0.6 is 11.3 Å². The maximum absolute atomic E-state index is 13.5. The fraction of sp³-hybridized carbons (Fsp3) is 0.421. The Balaban J connectivity index is 1.66. The van der Waals surface area contributed by atoms with Crippen LogP contribution in [0.25, 0.3) is 10.3 Å². The van der Waals surface area contributed by atoms with E-state index in [0.717, 1.165) is 17.6 Å². The van der Waals surface area contributed by atoms with Gasteiger partial charge in [-0.3, -0.25) is 9.78 Å². The van der Waals surface area contributed by atoms with Gasteiger partial charge in [0.2, 0.25) is 5.95 Å². The van der Waals surface area contributed by atoms with Crippen LogP contribution in [0.1, 0.15) is 40.4 Å². The van der Waals surface area contributed by atoms with Crippen LogP contribution in [0.15, 0.2) is 18.5 Å². The van der Waals surface area contributed by atoms with E-state index < -0.39 is 5.82 Å². The Hall–Kier alpha value is -2.72. The van der Waals surface area contributed by atoms with Crippen LogP contribution in [0, 0.1) is 12.7 Å². The highest BCUT2D eigenvalue weighted by Crippen LogP contribution is 2.28. The Labute approximate surface area is 171 Å². The molecule has 1 amide bonds. The molecule has 2 atom stereocenters. The summed E-state index contributed by atoms with van der Waals surface area (Å²) in [5.74, 6) is -0.311. The Kier molecular flexibility index (Phi) is 5.37. The minimum absolute atomic E-state index is 0.0394. The van der Waals surface area contributed by atoms with Gasteiger partial charge in [0.05, 0.1) is 23.4 Å². The number of thiazole rings is 1. The maximum atomic E-state index is 13.5. The zero-order chi connectivity index (χ0) is 20.5. The molecular weight excluding hydrogens is 395 g/mol. The van der Waals surface area contributed by atoms with E-state index in [1.54, 1.807) is 18.2 Å². The number of aryl methyl sites for hydroxylation is 1. The molecule has 4 heterocycles. The Bertz CT molecular complexity index is 1060. The molecule has 152 valence electrons. The zero-order valence-electron chi connectivity index (χ0n) is 16.3. The van der Waals surface area contributed by atoms with Crippen molar-refractivity contribution in [2.45, 2.75) is 32.4 Å².